The fourth-order valence-electron chi connectivity index (χ4n) is 1.69. The Kier molecular flexibility index (Phi) is 6.97. The quantitative estimate of drug-likeness (QED) is 0.797. The molecular formula is C17H17NO6. The van der Waals surface area contributed by atoms with Crippen molar-refractivity contribution in [2.75, 3.05) is 7.05 Å². The van der Waals surface area contributed by atoms with Crippen LogP contribution >= 0.6 is 0 Å². The van der Waals surface area contributed by atoms with Crippen LogP contribution in [0.25, 0.3) is 0 Å². The average molecular weight is 331 g/mol. The molecule has 0 atom stereocenters. The Bertz CT molecular complexity index is 708. The lowest BCUT2D eigenvalue weighted by molar-refractivity contribution is 0.0651. The smallest absolute Gasteiger partial charge is 0.412 e. The van der Waals surface area contributed by atoms with Crippen molar-refractivity contribution < 1.29 is 29.3 Å². The molecule has 0 aliphatic heterocycles. The van der Waals surface area contributed by atoms with E-state index in [1.165, 1.54) is 31.3 Å². The molecule has 0 aliphatic rings. The first-order chi connectivity index (χ1) is 11.3. The first-order valence-electron chi connectivity index (χ1n) is 6.87. The highest BCUT2D eigenvalue weighted by atomic mass is 16.5. The van der Waals surface area contributed by atoms with Crippen LogP contribution in [0.4, 0.5) is 4.79 Å². The first kappa shape index (κ1) is 18.7. The fraction of sp³-hybridized carbons (Fsp3) is 0.118. The molecule has 2 rings (SSSR count). The number of carboxylic acid groups (broad SMARTS) is 2. The van der Waals surface area contributed by atoms with Crippen molar-refractivity contribution in [2.24, 2.45) is 0 Å². The minimum atomic E-state index is -1.23. The van der Waals surface area contributed by atoms with Crippen molar-refractivity contribution in [3.8, 4) is 5.75 Å². The van der Waals surface area contributed by atoms with Crippen molar-refractivity contribution in [2.45, 2.75) is 6.92 Å². The number of carbonyl (C=O) groups is 3. The lowest BCUT2D eigenvalue weighted by atomic mass is 10.1. The Morgan fingerprint density at radius 2 is 1.46 bits per heavy atom. The van der Waals surface area contributed by atoms with Gasteiger partial charge in [0.2, 0.25) is 0 Å². The van der Waals surface area contributed by atoms with Crippen LogP contribution in [0.3, 0.4) is 0 Å². The summed E-state index contributed by atoms with van der Waals surface area (Å²) < 4.78 is 4.89. The summed E-state index contributed by atoms with van der Waals surface area (Å²) in [6.07, 6.45) is -0.444. The molecular weight excluding hydrogens is 314 g/mol. The summed E-state index contributed by atoms with van der Waals surface area (Å²) in [7, 11) is 1.53. The number of benzene rings is 2. The van der Waals surface area contributed by atoms with Crippen molar-refractivity contribution in [1.29, 1.82) is 0 Å². The Hall–Kier alpha value is -3.35. The molecule has 2 aromatic rings. The number of nitrogens with one attached hydrogen (secondary N) is 1. The monoisotopic (exact) mass is 331 g/mol. The van der Waals surface area contributed by atoms with Gasteiger partial charge in [0.25, 0.3) is 0 Å². The number of rotatable bonds is 3. The zero-order chi connectivity index (χ0) is 18.1. The predicted molar refractivity (Wildman–Crippen MR) is 86.6 cm³/mol. The van der Waals surface area contributed by atoms with E-state index in [-0.39, 0.29) is 11.1 Å². The number of ether oxygens (including phenoxy) is 1. The van der Waals surface area contributed by atoms with Gasteiger partial charge in [0, 0.05) is 7.05 Å². The summed E-state index contributed by atoms with van der Waals surface area (Å²) in [5.41, 5.74) is 0.686. The van der Waals surface area contributed by atoms with Gasteiger partial charge in [-0.15, -0.1) is 0 Å². The maximum Gasteiger partial charge on any atom is 0.412 e. The van der Waals surface area contributed by atoms with Gasteiger partial charge in [0.15, 0.2) is 0 Å². The standard InChI is InChI=1S/C9H11NO2.C8H6O4/c1-7-4-3-5-8(6-7)12-9(11)10-2;9-7(10)5-3-1-2-4-6(5)8(11)12/h3-6H,1-2H3,(H,10,11);1-4H,(H,9,10)(H,11,12). The van der Waals surface area contributed by atoms with Crippen LogP contribution in [0.2, 0.25) is 0 Å². The normalized spacial score (nSPS) is 9.25. The molecule has 24 heavy (non-hydrogen) atoms. The third kappa shape index (κ3) is 5.80. The predicted octanol–water partition coefficient (Wildman–Crippen LogP) is 2.80. The van der Waals surface area contributed by atoms with E-state index < -0.39 is 18.0 Å². The molecule has 3 N–H and O–H groups in total. The zero-order valence-electron chi connectivity index (χ0n) is 13.1. The van der Waals surface area contributed by atoms with Crippen LogP contribution in [-0.2, 0) is 0 Å². The van der Waals surface area contributed by atoms with Crippen LogP contribution in [0.1, 0.15) is 26.3 Å². The second-order valence-corrected chi connectivity index (χ2v) is 4.61. The Labute approximate surface area is 138 Å². The molecule has 0 aromatic heterocycles. The molecule has 1 amide bonds. The molecule has 0 fully saturated rings. The fourth-order valence-corrected chi connectivity index (χ4v) is 1.69. The van der Waals surface area contributed by atoms with Gasteiger partial charge in [-0.05, 0) is 36.8 Å². The van der Waals surface area contributed by atoms with Gasteiger partial charge in [-0.1, -0.05) is 24.3 Å². The van der Waals surface area contributed by atoms with E-state index >= 15 is 0 Å². The number of amides is 1. The first-order valence-corrected chi connectivity index (χ1v) is 6.87. The maximum absolute atomic E-state index is 10.8. The molecule has 0 saturated carbocycles. The summed E-state index contributed by atoms with van der Waals surface area (Å²) in [4.78, 5) is 31.7. The second-order valence-electron chi connectivity index (χ2n) is 4.61. The Balaban J connectivity index is 0.000000240. The van der Waals surface area contributed by atoms with E-state index in [4.69, 9.17) is 14.9 Å². The minimum Gasteiger partial charge on any atom is -0.478 e. The molecule has 0 unspecified atom stereocenters. The summed E-state index contributed by atoms with van der Waals surface area (Å²) in [6.45, 7) is 1.94. The SMILES string of the molecule is CNC(=O)Oc1cccc(C)c1.O=C(O)c1ccccc1C(=O)O. The number of hydrogen-bond donors (Lipinski definition) is 3. The molecule has 0 heterocycles. The van der Waals surface area contributed by atoms with Crippen molar-refractivity contribution >= 4 is 18.0 Å². The molecule has 0 aliphatic carbocycles. The average Bonchev–Trinajstić information content (AvgIpc) is 2.55. The minimum absolute atomic E-state index is 0.190. The van der Waals surface area contributed by atoms with E-state index in [1.54, 1.807) is 12.1 Å². The number of aryl methyl sites for hydroxylation is 1. The molecule has 7 heteroatoms. The number of carboxylic acids is 2. The van der Waals surface area contributed by atoms with Crippen molar-refractivity contribution in [3.63, 3.8) is 0 Å². The summed E-state index contributed by atoms with van der Waals surface area (Å²) >= 11 is 0. The van der Waals surface area contributed by atoms with Gasteiger partial charge in [-0.3, -0.25) is 0 Å². The Morgan fingerprint density at radius 3 is 1.88 bits per heavy atom. The van der Waals surface area contributed by atoms with Crippen LogP contribution in [-0.4, -0.2) is 35.3 Å². The van der Waals surface area contributed by atoms with Crippen molar-refractivity contribution in [1.82, 2.24) is 5.32 Å². The molecule has 0 bridgehead atoms. The summed E-state index contributed by atoms with van der Waals surface area (Å²) in [5.74, 6) is -1.89. The number of carbonyl (C=O) groups excluding carboxylic acids is 1. The zero-order valence-corrected chi connectivity index (χ0v) is 13.1. The number of hydrogen-bond acceptors (Lipinski definition) is 4. The largest absolute Gasteiger partial charge is 0.478 e. The molecule has 0 radical (unpaired) electrons. The van der Waals surface area contributed by atoms with Gasteiger partial charge < -0.3 is 20.3 Å². The molecule has 2 aromatic carbocycles. The molecule has 126 valence electrons. The van der Waals surface area contributed by atoms with Crippen LogP contribution in [0, 0.1) is 6.92 Å². The molecule has 0 spiro atoms. The van der Waals surface area contributed by atoms with Gasteiger partial charge in [-0.25, -0.2) is 14.4 Å². The lowest BCUT2D eigenvalue weighted by Gasteiger charge is -2.02. The van der Waals surface area contributed by atoms with Gasteiger partial charge in [-0.2, -0.15) is 0 Å². The maximum atomic E-state index is 10.8. The molecule has 7 nitrogen and oxygen atoms in total. The summed E-state index contributed by atoms with van der Waals surface area (Å²) in [5, 5.41) is 19.5. The van der Waals surface area contributed by atoms with E-state index in [0.717, 1.165) is 5.56 Å². The highest BCUT2D eigenvalue weighted by Crippen LogP contribution is 2.12. The van der Waals surface area contributed by atoms with E-state index in [2.05, 4.69) is 5.32 Å². The lowest BCUT2D eigenvalue weighted by Crippen LogP contribution is -2.21. The topological polar surface area (TPSA) is 113 Å². The van der Waals surface area contributed by atoms with Crippen molar-refractivity contribution in [3.05, 3.63) is 65.2 Å². The van der Waals surface area contributed by atoms with Gasteiger partial charge >= 0.3 is 18.0 Å². The van der Waals surface area contributed by atoms with Gasteiger partial charge in [0.05, 0.1) is 11.1 Å². The number of aromatic carboxylic acids is 2. The molecule has 0 saturated heterocycles. The third-order valence-electron chi connectivity index (χ3n) is 2.79. The van der Waals surface area contributed by atoms with Crippen LogP contribution < -0.4 is 10.1 Å². The van der Waals surface area contributed by atoms with Crippen LogP contribution in [0.5, 0.6) is 5.75 Å². The third-order valence-corrected chi connectivity index (χ3v) is 2.79. The van der Waals surface area contributed by atoms with E-state index in [1.807, 2.05) is 19.1 Å². The second kappa shape index (κ2) is 8.94. The summed E-state index contributed by atoms with van der Waals surface area (Å²) in [6, 6.07) is 12.8. The Morgan fingerprint density at radius 1 is 0.917 bits per heavy atom. The highest BCUT2D eigenvalue weighted by molar-refractivity contribution is 6.01. The van der Waals surface area contributed by atoms with Gasteiger partial charge in [0.1, 0.15) is 5.75 Å². The highest BCUT2D eigenvalue weighted by Gasteiger charge is 2.13. The van der Waals surface area contributed by atoms with E-state index in [9.17, 15) is 14.4 Å². The van der Waals surface area contributed by atoms with Crippen LogP contribution in [0.15, 0.2) is 48.5 Å². The van der Waals surface area contributed by atoms with E-state index in [0.29, 0.717) is 5.75 Å².